The van der Waals surface area contributed by atoms with Gasteiger partial charge in [0.15, 0.2) is 0 Å². The molecule has 21 heavy (non-hydrogen) atoms. The molecule has 1 atom stereocenters. The van der Waals surface area contributed by atoms with E-state index in [1.807, 2.05) is 53.9 Å². The molecule has 0 radical (unpaired) electrons. The topological polar surface area (TPSA) is 35.2 Å². The third kappa shape index (κ3) is 3.51. The highest BCUT2D eigenvalue weighted by Gasteiger charge is 2.10. The summed E-state index contributed by atoms with van der Waals surface area (Å²) >= 11 is 1.68. The molecule has 0 aliphatic rings. The number of benzene rings is 2. The molecule has 1 unspecified atom stereocenters. The van der Waals surface area contributed by atoms with E-state index in [-0.39, 0.29) is 6.04 Å². The van der Waals surface area contributed by atoms with E-state index in [0.29, 0.717) is 6.61 Å². The summed E-state index contributed by atoms with van der Waals surface area (Å²) in [6, 6.07) is 22.2. The van der Waals surface area contributed by atoms with Crippen LogP contribution in [0.1, 0.15) is 22.0 Å². The maximum Gasteiger partial charge on any atom is 0.120 e. The summed E-state index contributed by atoms with van der Waals surface area (Å²) in [4.78, 5) is 1.16. The zero-order valence-corrected chi connectivity index (χ0v) is 12.4. The predicted molar refractivity (Wildman–Crippen MR) is 87.6 cm³/mol. The third-order valence-corrected chi connectivity index (χ3v) is 4.27. The summed E-state index contributed by atoms with van der Waals surface area (Å²) in [5.74, 6) is 0.850. The van der Waals surface area contributed by atoms with Gasteiger partial charge in [0.1, 0.15) is 12.4 Å². The minimum Gasteiger partial charge on any atom is -0.489 e. The maximum atomic E-state index is 6.29. The van der Waals surface area contributed by atoms with Gasteiger partial charge in [-0.2, -0.15) is 0 Å². The molecule has 1 aromatic heterocycles. The number of rotatable bonds is 5. The van der Waals surface area contributed by atoms with Crippen LogP contribution in [0.2, 0.25) is 0 Å². The zero-order chi connectivity index (χ0) is 14.5. The SMILES string of the molecule is NC(c1cccc(OCc2ccccc2)c1)c1cccs1. The van der Waals surface area contributed by atoms with Crippen molar-refractivity contribution in [2.24, 2.45) is 5.73 Å². The molecule has 0 spiro atoms. The number of hydrogen-bond donors (Lipinski definition) is 1. The van der Waals surface area contributed by atoms with Gasteiger partial charge in [-0.05, 0) is 34.7 Å². The van der Waals surface area contributed by atoms with E-state index in [0.717, 1.165) is 21.8 Å². The van der Waals surface area contributed by atoms with E-state index in [1.165, 1.54) is 0 Å². The van der Waals surface area contributed by atoms with Crippen molar-refractivity contribution >= 4 is 11.3 Å². The van der Waals surface area contributed by atoms with Gasteiger partial charge in [-0.1, -0.05) is 48.5 Å². The van der Waals surface area contributed by atoms with Crippen molar-refractivity contribution in [1.82, 2.24) is 0 Å². The van der Waals surface area contributed by atoms with E-state index >= 15 is 0 Å². The average Bonchev–Trinajstić information content (AvgIpc) is 3.08. The summed E-state index contributed by atoms with van der Waals surface area (Å²) in [6.45, 7) is 0.568. The van der Waals surface area contributed by atoms with Crippen LogP contribution < -0.4 is 10.5 Å². The fraction of sp³-hybridized carbons (Fsp3) is 0.111. The van der Waals surface area contributed by atoms with Gasteiger partial charge in [-0.25, -0.2) is 0 Å². The highest BCUT2D eigenvalue weighted by Crippen LogP contribution is 2.26. The number of ether oxygens (including phenoxy) is 1. The van der Waals surface area contributed by atoms with E-state index in [9.17, 15) is 0 Å². The van der Waals surface area contributed by atoms with Crippen LogP contribution >= 0.6 is 11.3 Å². The van der Waals surface area contributed by atoms with E-state index < -0.39 is 0 Å². The quantitative estimate of drug-likeness (QED) is 0.758. The molecule has 0 amide bonds. The molecule has 0 fully saturated rings. The van der Waals surface area contributed by atoms with Gasteiger partial charge >= 0.3 is 0 Å². The number of nitrogens with two attached hydrogens (primary N) is 1. The Morgan fingerprint density at radius 1 is 0.952 bits per heavy atom. The summed E-state index contributed by atoms with van der Waals surface area (Å²) in [7, 11) is 0. The lowest BCUT2D eigenvalue weighted by Gasteiger charge is -2.12. The molecular formula is C18H17NOS. The second-order valence-corrected chi connectivity index (χ2v) is 5.82. The molecule has 106 valence electrons. The summed E-state index contributed by atoms with van der Waals surface area (Å²) in [6.07, 6.45) is 0. The van der Waals surface area contributed by atoms with Crippen molar-refractivity contribution in [3.05, 3.63) is 88.1 Å². The predicted octanol–water partition coefficient (Wildman–Crippen LogP) is 4.38. The fourth-order valence-corrected chi connectivity index (χ4v) is 2.93. The molecular weight excluding hydrogens is 278 g/mol. The Balaban J connectivity index is 1.71. The van der Waals surface area contributed by atoms with E-state index in [1.54, 1.807) is 11.3 Å². The molecule has 3 heteroatoms. The van der Waals surface area contributed by atoms with Crippen molar-refractivity contribution in [2.45, 2.75) is 12.6 Å². The van der Waals surface area contributed by atoms with Crippen molar-refractivity contribution in [3.8, 4) is 5.75 Å². The van der Waals surface area contributed by atoms with Crippen molar-refractivity contribution in [3.63, 3.8) is 0 Å². The Morgan fingerprint density at radius 3 is 2.57 bits per heavy atom. The van der Waals surface area contributed by atoms with Crippen LogP contribution in [0.3, 0.4) is 0 Å². The highest BCUT2D eigenvalue weighted by molar-refractivity contribution is 7.10. The smallest absolute Gasteiger partial charge is 0.120 e. The van der Waals surface area contributed by atoms with E-state index in [4.69, 9.17) is 10.5 Å². The van der Waals surface area contributed by atoms with Gasteiger partial charge < -0.3 is 10.5 Å². The maximum absolute atomic E-state index is 6.29. The molecule has 0 saturated heterocycles. The van der Waals surface area contributed by atoms with Crippen molar-refractivity contribution in [2.75, 3.05) is 0 Å². The zero-order valence-electron chi connectivity index (χ0n) is 11.6. The Hall–Kier alpha value is -2.10. The molecule has 0 aliphatic carbocycles. The Morgan fingerprint density at radius 2 is 1.81 bits per heavy atom. The minimum absolute atomic E-state index is 0.0923. The largest absolute Gasteiger partial charge is 0.489 e. The summed E-state index contributed by atoms with van der Waals surface area (Å²) in [5.41, 5.74) is 8.52. The summed E-state index contributed by atoms with van der Waals surface area (Å²) in [5, 5.41) is 2.05. The molecule has 3 aromatic rings. The molecule has 2 N–H and O–H groups in total. The first-order chi connectivity index (χ1) is 10.3. The highest BCUT2D eigenvalue weighted by atomic mass is 32.1. The molecule has 0 aliphatic heterocycles. The first-order valence-electron chi connectivity index (χ1n) is 6.88. The van der Waals surface area contributed by atoms with Crippen LogP contribution in [0.5, 0.6) is 5.75 Å². The summed E-state index contributed by atoms with van der Waals surface area (Å²) < 4.78 is 5.85. The second-order valence-electron chi connectivity index (χ2n) is 4.84. The average molecular weight is 295 g/mol. The molecule has 1 heterocycles. The molecule has 0 saturated carbocycles. The van der Waals surface area contributed by atoms with Gasteiger partial charge in [0.2, 0.25) is 0 Å². The molecule has 3 rings (SSSR count). The fourth-order valence-electron chi connectivity index (χ4n) is 2.17. The minimum atomic E-state index is -0.0923. The standard InChI is InChI=1S/C18H17NOS/c19-18(17-10-5-11-21-17)15-8-4-9-16(12-15)20-13-14-6-2-1-3-7-14/h1-12,18H,13,19H2. The lowest BCUT2D eigenvalue weighted by molar-refractivity contribution is 0.306. The van der Waals surface area contributed by atoms with Crippen molar-refractivity contribution in [1.29, 1.82) is 0 Å². The van der Waals surface area contributed by atoms with Crippen molar-refractivity contribution < 1.29 is 4.74 Å². The van der Waals surface area contributed by atoms with Crippen LogP contribution in [0.25, 0.3) is 0 Å². The number of thiophene rings is 1. The first kappa shape index (κ1) is 13.9. The van der Waals surface area contributed by atoms with Crippen LogP contribution in [-0.2, 0) is 6.61 Å². The van der Waals surface area contributed by atoms with E-state index in [2.05, 4.69) is 18.2 Å². The molecule has 2 aromatic carbocycles. The van der Waals surface area contributed by atoms with Crippen LogP contribution in [0, 0.1) is 0 Å². The Kier molecular flexibility index (Phi) is 4.34. The lowest BCUT2D eigenvalue weighted by Crippen LogP contribution is -2.10. The normalized spacial score (nSPS) is 12.0. The van der Waals surface area contributed by atoms with Gasteiger partial charge in [-0.15, -0.1) is 11.3 Å². The Labute approximate surface area is 128 Å². The van der Waals surface area contributed by atoms with Gasteiger partial charge in [0, 0.05) is 4.88 Å². The van der Waals surface area contributed by atoms with Gasteiger partial charge in [0.05, 0.1) is 6.04 Å². The van der Waals surface area contributed by atoms with Gasteiger partial charge in [-0.3, -0.25) is 0 Å². The molecule has 2 nitrogen and oxygen atoms in total. The lowest BCUT2D eigenvalue weighted by atomic mass is 10.1. The van der Waals surface area contributed by atoms with Crippen LogP contribution in [0.15, 0.2) is 72.1 Å². The van der Waals surface area contributed by atoms with Crippen LogP contribution in [0.4, 0.5) is 0 Å². The van der Waals surface area contributed by atoms with Gasteiger partial charge in [0.25, 0.3) is 0 Å². The van der Waals surface area contributed by atoms with Crippen LogP contribution in [-0.4, -0.2) is 0 Å². The molecule has 0 bridgehead atoms. The number of hydrogen-bond acceptors (Lipinski definition) is 3. The Bertz CT molecular complexity index is 679. The second kappa shape index (κ2) is 6.57. The first-order valence-corrected chi connectivity index (χ1v) is 7.76. The monoisotopic (exact) mass is 295 g/mol. The third-order valence-electron chi connectivity index (χ3n) is 3.32.